The topological polar surface area (TPSA) is 41.6 Å². The van der Waals surface area contributed by atoms with E-state index in [-0.39, 0.29) is 5.88 Å². The van der Waals surface area contributed by atoms with Gasteiger partial charge in [-0.2, -0.15) is 0 Å². The molecule has 1 aromatic rings. The van der Waals surface area contributed by atoms with Crippen LogP contribution in [0.4, 0.5) is 11.4 Å². The number of anilines is 1. The smallest absolute Gasteiger partial charge is 0.115 e. The van der Waals surface area contributed by atoms with Crippen LogP contribution in [0.25, 0.3) is 0 Å². The number of aliphatic imine (C=N–C) groups is 1. The highest BCUT2D eigenvalue weighted by Gasteiger charge is 2.18. The van der Waals surface area contributed by atoms with Crippen LogP contribution in [0.2, 0.25) is 5.02 Å². The van der Waals surface area contributed by atoms with E-state index >= 15 is 0 Å². The van der Waals surface area contributed by atoms with Gasteiger partial charge in [-0.3, -0.25) is 0 Å². The lowest BCUT2D eigenvalue weighted by Crippen LogP contribution is -2.19. The molecule has 0 aromatic heterocycles. The standard InChI is InChI=1S/C12H15Cl2N3/c13-8-11(15)16-10-5-3-4-9(14)12(10)17-6-1-2-7-17/h3-5H,1-2,6-8H2,(H2,15,16). The Balaban J connectivity index is 2.40. The van der Waals surface area contributed by atoms with E-state index in [1.165, 1.54) is 12.8 Å². The fourth-order valence-corrected chi connectivity index (χ4v) is 2.38. The van der Waals surface area contributed by atoms with Gasteiger partial charge in [0.1, 0.15) is 5.84 Å². The zero-order valence-electron chi connectivity index (χ0n) is 9.50. The predicted octanol–water partition coefficient (Wildman–Crippen LogP) is 3.17. The Kier molecular flexibility index (Phi) is 4.13. The van der Waals surface area contributed by atoms with E-state index in [2.05, 4.69) is 9.89 Å². The van der Waals surface area contributed by atoms with Gasteiger partial charge in [-0.25, -0.2) is 4.99 Å². The Morgan fingerprint density at radius 2 is 2.06 bits per heavy atom. The van der Waals surface area contributed by atoms with Crippen LogP contribution in [0.15, 0.2) is 23.2 Å². The number of nitrogens with zero attached hydrogens (tertiary/aromatic N) is 2. The van der Waals surface area contributed by atoms with Crippen LogP contribution in [0, 0.1) is 0 Å². The Labute approximate surface area is 111 Å². The molecule has 2 N–H and O–H groups in total. The van der Waals surface area contributed by atoms with Gasteiger partial charge < -0.3 is 10.6 Å². The molecule has 1 aliphatic rings. The van der Waals surface area contributed by atoms with E-state index in [4.69, 9.17) is 28.9 Å². The first-order valence-corrected chi connectivity index (χ1v) is 6.56. The van der Waals surface area contributed by atoms with Crippen LogP contribution < -0.4 is 10.6 Å². The highest BCUT2D eigenvalue weighted by atomic mass is 35.5. The zero-order chi connectivity index (χ0) is 12.3. The summed E-state index contributed by atoms with van der Waals surface area (Å²) < 4.78 is 0. The van der Waals surface area contributed by atoms with Crippen molar-refractivity contribution in [2.45, 2.75) is 12.8 Å². The number of amidine groups is 1. The summed E-state index contributed by atoms with van der Waals surface area (Å²) in [4.78, 5) is 6.57. The van der Waals surface area contributed by atoms with Gasteiger partial charge >= 0.3 is 0 Å². The summed E-state index contributed by atoms with van der Waals surface area (Å²) >= 11 is 11.9. The number of benzene rings is 1. The molecule has 5 heteroatoms. The molecule has 92 valence electrons. The Bertz CT molecular complexity index is 426. The van der Waals surface area contributed by atoms with Gasteiger partial charge in [-0.05, 0) is 25.0 Å². The summed E-state index contributed by atoms with van der Waals surface area (Å²) in [6.45, 7) is 2.04. The highest BCUT2D eigenvalue weighted by Crippen LogP contribution is 2.37. The molecular weight excluding hydrogens is 257 g/mol. The molecule has 0 amide bonds. The molecule has 0 unspecified atom stereocenters. The second-order valence-electron chi connectivity index (χ2n) is 4.04. The lowest BCUT2D eigenvalue weighted by Gasteiger charge is -2.21. The lowest BCUT2D eigenvalue weighted by molar-refractivity contribution is 0.949. The number of halogens is 2. The summed E-state index contributed by atoms with van der Waals surface area (Å²) in [6, 6.07) is 5.67. The van der Waals surface area contributed by atoms with Crippen molar-refractivity contribution in [1.82, 2.24) is 0 Å². The summed E-state index contributed by atoms with van der Waals surface area (Å²) in [7, 11) is 0. The Hall–Kier alpha value is -0.930. The fourth-order valence-electron chi connectivity index (χ4n) is 2.03. The van der Waals surface area contributed by atoms with Crippen LogP contribution in [0.3, 0.4) is 0 Å². The number of para-hydroxylation sites is 1. The van der Waals surface area contributed by atoms with E-state index in [0.717, 1.165) is 29.5 Å². The molecule has 17 heavy (non-hydrogen) atoms. The van der Waals surface area contributed by atoms with Crippen molar-refractivity contribution in [3.05, 3.63) is 23.2 Å². The molecule has 3 nitrogen and oxygen atoms in total. The van der Waals surface area contributed by atoms with Crippen molar-refractivity contribution in [1.29, 1.82) is 0 Å². The van der Waals surface area contributed by atoms with Crippen LogP contribution in [0.1, 0.15) is 12.8 Å². The molecule has 1 saturated heterocycles. The SMILES string of the molecule is NC(CCl)=Nc1cccc(Cl)c1N1CCCC1. The van der Waals surface area contributed by atoms with Crippen molar-refractivity contribution in [2.75, 3.05) is 23.9 Å². The Morgan fingerprint density at radius 3 is 2.71 bits per heavy atom. The third-order valence-corrected chi connectivity index (χ3v) is 3.37. The predicted molar refractivity (Wildman–Crippen MR) is 74.9 cm³/mol. The first kappa shape index (κ1) is 12.5. The largest absolute Gasteiger partial charge is 0.386 e. The first-order valence-electron chi connectivity index (χ1n) is 5.65. The minimum Gasteiger partial charge on any atom is -0.386 e. The molecule has 2 rings (SSSR count). The number of hydrogen-bond acceptors (Lipinski definition) is 2. The molecule has 0 radical (unpaired) electrons. The summed E-state index contributed by atoms with van der Waals surface area (Å²) in [5.41, 5.74) is 7.45. The molecule has 1 heterocycles. The average molecular weight is 272 g/mol. The first-order chi connectivity index (χ1) is 8.22. The Morgan fingerprint density at radius 1 is 1.35 bits per heavy atom. The molecule has 1 fully saturated rings. The lowest BCUT2D eigenvalue weighted by atomic mass is 10.2. The summed E-state index contributed by atoms with van der Waals surface area (Å²) in [6.07, 6.45) is 2.39. The summed E-state index contributed by atoms with van der Waals surface area (Å²) in [5.74, 6) is 0.640. The molecule has 1 aliphatic heterocycles. The molecule has 0 spiro atoms. The molecule has 0 bridgehead atoms. The quantitative estimate of drug-likeness (QED) is 0.521. The third kappa shape index (κ3) is 2.85. The van der Waals surface area contributed by atoms with Crippen molar-refractivity contribution in [3.8, 4) is 0 Å². The van der Waals surface area contributed by atoms with Gasteiger partial charge in [0, 0.05) is 13.1 Å². The molecule has 1 aromatic carbocycles. The van der Waals surface area contributed by atoms with E-state index in [1.807, 2.05) is 18.2 Å². The number of alkyl halides is 1. The maximum absolute atomic E-state index is 6.25. The van der Waals surface area contributed by atoms with Crippen molar-refractivity contribution in [2.24, 2.45) is 10.7 Å². The molecular formula is C12H15Cl2N3. The molecule has 0 saturated carbocycles. The maximum atomic E-state index is 6.25. The molecule has 0 aliphatic carbocycles. The second-order valence-corrected chi connectivity index (χ2v) is 4.71. The maximum Gasteiger partial charge on any atom is 0.115 e. The third-order valence-electron chi connectivity index (χ3n) is 2.79. The van der Waals surface area contributed by atoms with Gasteiger partial charge in [0.25, 0.3) is 0 Å². The fraction of sp³-hybridized carbons (Fsp3) is 0.417. The second kappa shape index (κ2) is 5.61. The highest BCUT2D eigenvalue weighted by molar-refractivity contribution is 6.34. The van der Waals surface area contributed by atoms with E-state index in [0.29, 0.717) is 5.84 Å². The van der Waals surface area contributed by atoms with Crippen molar-refractivity contribution < 1.29 is 0 Å². The van der Waals surface area contributed by atoms with Gasteiger partial charge in [-0.15, -0.1) is 11.6 Å². The van der Waals surface area contributed by atoms with E-state index in [1.54, 1.807) is 0 Å². The average Bonchev–Trinajstić information content (AvgIpc) is 2.82. The van der Waals surface area contributed by atoms with Crippen LogP contribution >= 0.6 is 23.2 Å². The van der Waals surface area contributed by atoms with Crippen molar-refractivity contribution in [3.63, 3.8) is 0 Å². The van der Waals surface area contributed by atoms with Gasteiger partial charge in [0.15, 0.2) is 0 Å². The van der Waals surface area contributed by atoms with Crippen LogP contribution in [0.5, 0.6) is 0 Å². The van der Waals surface area contributed by atoms with Gasteiger partial charge in [0.2, 0.25) is 0 Å². The number of hydrogen-bond donors (Lipinski definition) is 1. The minimum atomic E-state index is 0.228. The van der Waals surface area contributed by atoms with E-state index < -0.39 is 0 Å². The van der Waals surface area contributed by atoms with Crippen LogP contribution in [-0.2, 0) is 0 Å². The van der Waals surface area contributed by atoms with Gasteiger partial charge in [0.05, 0.1) is 22.3 Å². The monoisotopic (exact) mass is 271 g/mol. The summed E-state index contributed by atoms with van der Waals surface area (Å²) in [5, 5.41) is 0.718. The van der Waals surface area contributed by atoms with Gasteiger partial charge in [-0.1, -0.05) is 17.7 Å². The van der Waals surface area contributed by atoms with E-state index in [9.17, 15) is 0 Å². The minimum absolute atomic E-state index is 0.228. The zero-order valence-corrected chi connectivity index (χ0v) is 11.0. The molecule has 0 atom stereocenters. The normalized spacial score (nSPS) is 16.6. The number of rotatable bonds is 3. The van der Waals surface area contributed by atoms with Crippen LogP contribution in [-0.4, -0.2) is 24.8 Å². The number of nitrogens with two attached hydrogens (primary N) is 1. The van der Waals surface area contributed by atoms with Crippen molar-refractivity contribution >= 4 is 40.4 Å².